The summed E-state index contributed by atoms with van der Waals surface area (Å²) in [6, 6.07) is 23.8. The standard InChI is InChI=1S/C28H24N2O3/c1-17-10-12-18(13-11-17)30-26(32)24-23-19-6-2-4-8-21(19)28(16-29-14-15-31,25(24)27(30)33)22-9-5-3-7-20(22)23/h2-13,16,23-25,31H,14-15H2,1H3/t23?,24-,25-,28?/m0/s1. The van der Waals surface area contributed by atoms with E-state index >= 15 is 0 Å². The topological polar surface area (TPSA) is 70.0 Å². The first kappa shape index (κ1) is 20.1. The third-order valence-corrected chi connectivity index (χ3v) is 7.50. The second-order valence-corrected chi connectivity index (χ2v) is 9.13. The summed E-state index contributed by atoms with van der Waals surface area (Å²) in [5, 5.41) is 9.40. The van der Waals surface area contributed by atoms with Crippen molar-refractivity contribution in [2.24, 2.45) is 16.8 Å². The van der Waals surface area contributed by atoms with Crippen LogP contribution < -0.4 is 4.90 Å². The van der Waals surface area contributed by atoms with Crippen molar-refractivity contribution >= 4 is 23.7 Å². The molecule has 2 amide bonds. The predicted molar refractivity (Wildman–Crippen MR) is 127 cm³/mol. The van der Waals surface area contributed by atoms with E-state index in [1.165, 1.54) is 4.90 Å². The average Bonchev–Trinajstić information content (AvgIpc) is 3.11. The second kappa shape index (κ2) is 7.22. The van der Waals surface area contributed by atoms with Crippen LogP contribution in [0.25, 0.3) is 0 Å². The third kappa shape index (κ3) is 2.54. The predicted octanol–water partition coefficient (Wildman–Crippen LogP) is 3.61. The van der Waals surface area contributed by atoms with Crippen LogP contribution in [-0.2, 0) is 15.0 Å². The molecule has 3 aromatic carbocycles. The normalized spacial score (nSPS) is 27.1. The molecule has 7 rings (SSSR count). The summed E-state index contributed by atoms with van der Waals surface area (Å²) < 4.78 is 0. The average molecular weight is 437 g/mol. The molecule has 0 saturated carbocycles. The molecule has 2 atom stereocenters. The van der Waals surface area contributed by atoms with Gasteiger partial charge in [0.15, 0.2) is 0 Å². The van der Waals surface area contributed by atoms with Crippen LogP contribution in [0.1, 0.15) is 33.7 Å². The minimum atomic E-state index is -0.853. The Morgan fingerprint density at radius 3 is 2.12 bits per heavy atom. The smallest absolute Gasteiger partial charge is 0.239 e. The fourth-order valence-corrected chi connectivity index (χ4v) is 6.26. The monoisotopic (exact) mass is 436 g/mol. The Bertz CT molecular complexity index is 1260. The fourth-order valence-electron chi connectivity index (χ4n) is 6.26. The maximum absolute atomic E-state index is 14.1. The molecule has 1 saturated heterocycles. The zero-order valence-electron chi connectivity index (χ0n) is 18.3. The summed E-state index contributed by atoms with van der Waals surface area (Å²) in [5.41, 5.74) is 5.06. The summed E-state index contributed by atoms with van der Waals surface area (Å²) in [5.74, 6) is -1.59. The van der Waals surface area contributed by atoms with Crippen LogP contribution >= 0.6 is 0 Å². The summed E-state index contributed by atoms with van der Waals surface area (Å²) in [7, 11) is 0. The first-order valence-electron chi connectivity index (χ1n) is 11.3. The van der Waals surface area contributed by atoms with Crippen molar-refractivity contribution in [2.45, 2.75) is 18.3 Å². The van der Waals surface area contributed by atoms with E-state index in [0.717, 1.165) is 27.8 Å². The van der Waals surface area contributed by atoms with Gasteiger partial charge in [-0.25, -0.2) is 4.90 Å². The molecule has 0 spiro atoms. The Labute approximate surface area is 192 Å². The van der Waals surface area contributed by atoms with Crippen molar-refractivity contribution in [3.8, 4) is 0 Å². The molecule has 0 unspecified atom stereocenters. The Morgan fingerprint density at radius 2 is 1.52 bits per heavy atom. The van der Waals surface area contributed by atoms with Crippen LogP contribution in [0, 0.1) is 18.8 Å². The van der Waals surface area contributed by atoms with Crippen LogP contribution in [0.5, 0.6) is 0 Å². The van der Waals surface area contributed by atoms with Gasteiger partial charge in [0.05, 0.1) is 36.1 Å². The molecule has 3 aliphatic carbocycles. The first-order chi connectivity index (χ1) is 16.1. The molecular formula is C28H24N2O3. The van der Waals surface area contributed by atoms with Crippen molar-refractivity contribution < 1.29 is 14.7 Å². The maximum atomic E-state index is 14.1. The van der Waals surface area contributed by atoms with Gasteiger partial charge < -0.3 is 5.11 Å². The number of aliphatic hydroxyl groups is 1. The van der Waals surface area contributed by atoms with E-state index < -0.39 is 17.3 Å². The van der Waals surface area contributed by atoms with Crippen molar-refractivity contribution in [3.63, 3.8) is 0 Å². The van der Waals surface area contributed by atoms with Crippen LogP contribution in [0.4, 0.5) is 5.69 Å². The minimum Gasteiger partial charge on any atom is -0.394 e. The van der Waals surface area contributed by atoms with E-state index in [1.807, 2.05) is 61.7 Å². The van der Waals surface area contributed by atoms with Crippen molar-refractivity contribution in [1.82, 2.24) is 0 Å². The molecule has 1 aliphatic heterocycles. The number of rotatable bonds is 4. The molecule has 164 valence electrons. The number of benzene rings is 3. The van der Waals surface area contributed by atoms with E-state index in [9.17, 15) is 14.7 Å². The van der Waals surface area contributed by atoms with Crippen LogP contribution in [0.3, 0.4) is 0 Å². The van der Waals surface area contributed by atoms with E-state index in [1.54, 1.807) is 0 Å². The van der Waals surface area contributed by atoms with Crippen molar-refractivity contribution in [3.05, 3.63) is 101 Å². The largest absolute Gasteiger partial charge is 0.394 e. The molecule has 1 heterocycles. The van der Waals surface area contributed by atoms with Gasteiger partial charge in [-0.15, -0.1) is 0 Å². The minimum absolute atomic E-state index is 0.0744. The first-order valence-corrected chi connectivity index (χ1v) is 11.3. The molecule has 0 radical (unpaired) electrons. The number of hydrogen-bond donors (Lipinski definition) is 1. The lowest BCUT2D eigenvalue weighted by Crippen LogP contribution is -2.54. The molecule has 5 nitrogen and oxygen atoms in total. The summed E-state index contributed by atoms with van der Waals surface area (Å²) in [6.45, 7) is 2.16. The van der Waals surface area contributed by atoms with Crippen molar-refractivity contribution in [1.29, 1.82) is 0 Å². The summed E-state index contributed by atoms with van der Waals surface area (Å²) in [6.07, 6.45) is 1.83. The van der Waals surface area contributed by atoms with Gasteiger partial charge in [-0.1, -0.05) is 66.2 Å². The number of carbonyl (C=O) groups excluding carboxylic acids is 2. The molecule has 1 fully saturated rings. The lowest BCUT2D eigenvalue weighted by molar-refractivity contribution is -0.122. The zero-order valence-corrected chi connectivity index (χ0v) is 18.3. The second-order valence-electron chi connectivity index (χ2n) is 9.13. The SMILES string of the molecule is Cc1ccc(N2C(=O)[C@@H]3[C@@H](C2=O)C2c4ccccc4C3(C=NCCO)c3ccccc32)cc1. The molecule has 3 aromatic rings. The van der Waals surface area contributed by atoms with E-state index in [4.69, 9.17) is 0 Å². The van der Waals surface area contributed by atoms with Gasteiger partial charge in [-0.3, -0.25) is 14.6 Å². The van der Waals surface area contributed by atoms with Gasteiger partial charge in [0.2, 0.25) is 11.8 Å². The summed E-state index contributed by atoms with van der Waals surface area (Å²) >= 11 is 0. The molecule has 0 aromatic heterocycles. The zero-order chi connectivity index (χ0) is 22.7. The van der Waals surface area contributed by atoms with Crippen LogP contribution in [-0.4, -0.2) is 36.3 Å². The Morgan fingerprint density at radius 1 is 0.909 bits per heavy atom. The van der Waals surface area contributed by atoms with Gasteiger partial charge in [0.25, 0.3) is 0 Å². The van der Waals surface area contributed by atoms with Gasteiger partial charge in [-0.2, -0.15) is 0 Å². The number of aliphatic hydroxyl groups excluding tert-OH is 1. The number of aliphatic imine (C=N–C) groups is 1. The number of imide groups is 1. The highest BCUT2D eigenvalue weighted by Crippen LogP contribution is 2.63. The Kier molecular flexibility index (Phi) is 4.39. The molecule has 33 heavy (non-hydrogen) atoms. The third-order valence-electron chi connectivity index (χ3n) is 7.50. The van der Waals surface area contributed by atoms with Gasteiger partial charge in [0, 0.05) is 12.1 Å². The maximum Gasteiger partial charge on any atom is 0.239 e. The number of amides is 2. The highest BCUT2D eigenvalue weighted by molar-refractivity contribution is 6.25. The lowest BCUT2D eigenvalue weighted by Gasteiger charge is -2.52. The van der Waals surface area contributed by atoms with Gasteiger partial charge in [0.1, 0.15) is 0 Å². The Hall–Kier alpha value is -3.57. The summed E-state index contributed by atoms with van der Waals surface area (Å²) in [4.78, 5) is 33.9. The van der Waals surface area contributed by atoms with Crippen molar-refractivity contribution in [2.75, 3.05) is 18.1 Å². The molecule has 1 N–H and O–H groups in total. The van der Waals surface area contributed by atoms with Crippen LogP contribution in [0.15, 0.2) is 77.8 Å². The molecule has 4 aliphatic rings. The van der Waals surface area contributed by atoms with Gasteiger partial charge in [-0.05, 0) is 41.3 Å². The number of nitrogens with zero attached hydrogens (tertiary/aromatic N) is 2. The number of aryl methyl sites for hydroxylation is 1. The highest BCUT2D eigenvalue weighted by atomic mass is 16.3. The molecule has 5 heteroatoms. The Balaban J connectivity index is 1.63. The van der Waals surface area contributed by atoms with E-state index in [-0.39, 0.29) is 30.9 Å². The number of hydrogen-bond acceptors (Lipinski definition) is 4. The number of anilines is 1. The molecule has 2 bridgehead atoms. The number of carbonyl (C=O) groups is 2. The van der Waals surface area contributed by atoms with Crippen LogP contribution in [0.2, 0.25) is 0 Å². The lowest BCUT2D eigenvalue weighted by atomic mass is 9.47. The molecular weight excluding hydrogens is 412 g/mol. The van der Waals surface area contributed by atoms with E-state index in [0.29, 0.717) is 5.69 Å². The quantitative estimate of drug-likeness (QED) is 0.502. The highest BCUT2D eigenvalue weighted by Gasteiger charge is 2.67. The van der Waals surface area contributed by atoms with E-state index in [2.05, 4.69) is 29.3 Å². The van der Waals surface area contributed by atoms with Gasteiger partial charge >= 0.3 is 0 Å². The fraction of sp³-hybridized carbons (Fsp3) is 0.250.